The Balaban J connectivity index is 1.70. The third-order valence-electron chi connectivity index (χ3n) is 4.56. The molecule has 1 atom stereocenters. The van der Waals surface area contributed by atoms with Gasteiger partial charge in [-0.15, -0.1) is 0 Å². The first-order valence-corrected chi connectivity index (χ1v) is 9.27. The van der Waals surface area contributed by atoms with E-state index in [2.05, 4.69) is 19.2 Å². The van der Waals surface area contributed by atoms with E-state index in [1.165, 1.54) is 10.5 Å². The average molecular weight is 391 g/mol. The Morgan fingerprint density at radius 2 is 1.85 bits per heavy atom. The first kappa shape index (κ1) is 18.7. The van der Waals surface area contributed by atoms with Crippen LogP contribution >= 0.6 is 23.2 Å². The van der Waals surface area contributed by atoms with Crippen LogP contribution in [0.4, 0.5) is 11.4 Å². The number of hydrogen-bond acceptors (Lipinski definition) is 2. The van der Waals surface area contributed by atoms with Gasteiger partial charge in [0.05, 0.1) is 21.7 Å². The molecular weight excluding hydrogens is 371 g/mol. The van der Waals surface area contributed by atoms with E-state index >= 15 is 0 Å². The van der Waals surface area contributed by atoms with Crippen LogP contribution in [0.3, 0.4) is 0 Å². The van der Waals surface area contributed by atoms with Crippen molar-refractivity contribution < 1.29 is 9.59 Å². The van der Waals surface area contributed by atoms with Crippen LogP contribution in [0.2, 0.25) is 10.0 Å². The fourth-order valence-corrected chi connectivity index (χ4v) is 3.41. The predicted molar refractivity (Wildman–Crippen MR) is 106 cm³/mol. The summed E-state index contributed by atoms with van der Waals surface area (Å²) in [5.41, 5.74) is 2.48. The fraction of sp³-hybridized carbons (Fsp3) is 0.300. The number of amides is 2. The summed E-state index contributed by atoms with van der Waals surface area (Å²) >= 11 is 12.2. The molecule has 1 saturated heterocycles. The molecule has 1 aliphatic heterocycles. The van der Waals surface area contributed by atoms with Crippen LogP contribution in [0.1, 0.15) is 31.7 Å². The van der Waals surface area contributed by atoms with Crippen LogP contribution in [-0.2, 0) is 9.59 Å². The highest BCUT2D eigenvalue weighted by Crippen LogP contribution is 2.35. The summed E-state index contributed by atoms with van der Waals surface area (Å²) in [6.45, 7) is 4.52. The van der Waals surface area contributed by atoms with Crippen LogP contribution in [0, 0.1) is 5.92 Å². The largest absolute Gasteiger partial charge is 0.326 e. The molecule has 136 valence electrons. The number of hydrogen-bond donors (Lipinski definition) is 1. The lowest BCUT2D eigenvalue weighted by Gasteiger charge is -2.18. The van der Waals surface area contributed by atoms with Crippen molar-refractivity contribution >= 4 is 46.4 Å². The fourth-order valence-electron chi connectivity index (χ4n) is 3.01. The molecule has 2 aromatic rings. The number of nitrogens with one attached hydrogen (secondary N) is 1. The molecular formula is C20H20Cl2N2O2. The molecule has 1 fully saturated rings. The van der Waals surface area contributed by atoms with Crippen LogP contribution in [0.15, 0.2) is 42.5 Å². The smallest absolute Gasteiger partial charge is 0.229 e. The van der Waals surface area contributed by atoms with Gasteiger partial charge in [0.1, 0.15) is 0 Å². The Kier molecular flexibility index (Phi) is 5.54. The Bertz CT molecular complexity index is 834. The topological polar surface area (TPSA) is 49.4 Å². The lowest BCUT2D eigenvalue weighted by Crippen LogP contribution is -2.28. The van der Waals surface area contributed by atoms with E-state index in [1.807, 2.05) is 24.3 Å². The SMILES string of the molecule is CC(C)c1ccc(NC(=O)[C@H]2CC(=O)N(c3cccc(Cl)c3Cl)C2)cc1. The molecule has 0 aliphatic carbocycles. The molecule has 26 heavy (non-hydrogen) atoms. The van der Waals surface area contributed by atoms with Gasteiger partial charge in [-0.3, -0.25) is 9.59 Å². The maximum Gasteiger partial charge on any atom is 0.229 e. The van der Waals surface area contributed by atoms with Gasteiger partial charge >= 0.3 is 0 Å². The van der Waals surface area contributed by atoms with Gasteiger partial charge in [0.15, 0.2) is 0 Å². The minimum atomic E-state index is -0.428. The van der Waals surface area contributed by atoms with E-state index in [-0.39, 0.29) is 24.8 Å². The number of nitrogens with zero attached hydrogens (tertiary/aromatic N) is 1. The van der Waals surface area contributed by atoms with E-state index in [1.54, 1.807) is 18.2 Å². The van der Waals surface area contributed by atoms with Crippen molar-refractivity contribution in [1.82, 2.24) is 0 Å². The van der Waals surface area contributed by atoms with Crippen molar-refractivity contribution in [3.63, 3.8) is 0 Å². The molecule has 1 heterocycles. The molecule has 0 spiro atoms. The lowest BCUT2D eigenvalue weighted by molar-refractivity contribution is -0.122. The summed E-state index contributed by atoms with van der Waals surface area (Å²) in [5.74, 6) is -0.300. The predicted octanol–water partition coefficient (Wildman–Crippen LogP) is 5.11. The molecule has 1 aliphatic rings. The maximum absolute atomic E-state index is 12.6. The maximum atomic E-state index is 12.6. The molecule has 4 nitrogen and oxygen atoms in total. The van der Waals surface area contributed by atoms with Gasteiger partial charge in [0.25, 0.3) is 0 Å². The number of carbonyl (C=O) groups is 2. The molecule has 0 bridgehead atoms. The van der Waals surface area contributed by atoms with Gasteiger partial charge in [-0.2, -0.15) is 0 Å². The van der Waals surface area contributed by atoms with Crippen molar-refractivity contribution in [2.75, 3.05) is 16.8 Å². The summed E-state index contributed by atoms with van der Waals surface area (Å²) in [7, 11) is 0. The number of benzene rings is 2. The number of rotatable bonds is 4. The molecule has 0 unspecified atom stereocenters. The Morgan fingerprint density at radius 3 is 2.50 bits per heavy atom. The minimum absolute atomic E-state index is 0.135. The number of carbonyl (C=O) groups excluding carboxylic acids is 2. The minimum Gasteiger partial charge on any atom is -0.326 e. The van der Waals surface area contributed by atoms with E-state index in [4.69, 9.17) is 23.2 Å². The molecule has 2 aromatic carbocycles. The third kappa shape index (κ3) is 3.87. The van der Waals surface area contributed by atoms with Gasteiger partial charge in [0, 0.05) is 18.7 Å². The van der Waals surface area contributed by atoms with E-state index < -0.39 is 5.92 Å². The first-order valence-electron chi connectivity index (χ1n) is 8.52. The summed E-state index contributed by atoms with van der Waals surface area (Å²) in [6.07, 6.45) is 0.152. The van der Waals surface area contributed by atoms with Crippen LogP contribution in [0.5, 0.6) is 0 Å². The van der Waals surface area contributed by atoms with Gasteiger partial charge in [-0.1, -0.05) is 55.2 Å². The molecule has 0 radical (unpaired) electrons. The molecule has 2 amide bonds. The zero-order valence-corrected chi connectivity index (χ0v) is 16.1. The zero-order chi connectivity index (χ0) is 18.8. The van der Waals surface area contributed by atoms with Crippen LogP contribution < -0.4 is 10.2 Å². The van der Waals surface area contributed by atoms with Gasteiger partial charge in [0.2, 0.25) is 11.8 Å². The summed E-state index contributed by atoms with van der Waals surface area (Å²) in [4.78, 5) is 26.5. The lowest BCUT2D eigenvalue weighted by atomic mass is 10.0. The van der Waals surface area contributed by atoms with Gasteiger partial charge < -0.3 is 10.2 Å². The normalized spacial score (nSPS) is 17.0. The second-order valence-electron chi connectivity index (χ2n) is 6.74. The standard InChI is InChI=1S/C20H20Cl2N2O2/c1-12(2)13-6-8-15(9-7-13)23-20(26)14-10-18(25)24(11-14)17-5-3-4-16(21)19(17)22/h3-9,12,14H,10-11H2,1-2H3,(H,23,26)/t14-/m0/s1. The van der Waals surface area contributed by atoms with Crippen LogP contribution in [0.25, 0.3) is 0 Å². The van der Waals surface area contributed by atoms with Crippen molar-refractivity contribution in [2.45, 2.75) is 26.2 Å². The van der Waals surface area contributed by atoms with Crippen molar-refractivity contribution in [3.05, 3.63) is 58.1 Å². The Morgan fingerprint density at radius 1 is 1.15 bits per heavy atom. The third-order valence-corrected chi connectivity index (χ3v) is 5.37. The van der Waals surface area contributed by atoms with Crippen LogP contribution in [-0.4, -0.2) is 18.4 Å². The highest BCUT2D eigenvalue weighted by atomic mass is 35.5. The Hall–Kier alpha value is -2.04. The highest BCUT2D eigenvalue weighted by molar-refractivity contribution is 6.44. The Labute approximate surface area is 163 Å². The van der Waals surface area contributed by atoms with Gasteiger partial charge in [-0.25, -0.2) is 0 Å². The van der Waals surface area contributed by atoms with E-state index in [0.29, 0.717) is 21.7 Å². The van der Waals surface area contributed by atoms with E-state index in [0.717, 1.165) is 5.69 Å². The van der Waals surface area contributed by atoms with Crippen molar-refractivity contribution in [3.8, 4) is 0 Å². The monoisotopic (exact) mass is 390 g/mol. The molecule has 6 heteroatoms. The second-order valence-corrected chi connectivity index (χ2v) is 7.53. The second kappa shape index (κ2) is 7.68. The highest BCUT2D eigenvalue weighted by Gasteiger charge is 2.36. The van der Waals surface area contributed by atoms with Gasteiger partial charge in [-0.05, 0) is 35.7 Å². The van der Waals surface area contributed by atoms with E-state index in [9.17, 15) is 9.59 Å². The summed E-state index contributed by atoms with van der Waals surface area (Å²) < 4.78 is 0. The summed E-state index contributed by atoms with van der Waals surface area (Å²) in [6, 6.07) is 12.9. The molecule has 3 rings (SSSR count). The number of halogens is 2. The number of anilines is 2. The average Bonchev–Trinajstić information content (AvgIpc) is 2.99. The zero-order valence-electron chi connectivity index (χ0n) is 14.6. The molecule has 0 saturated carbocycles. The summed E-state index contributed by atoms with van der Waals surface area (Å²) in [5, 5.41) is 3.60. The molecule has 1 N–H and O–H groups in total. The van der Waals surface area contributed by atoms with Crippen molar-refractivity contribution in [2.24, 2.45) is 5.92 Å². The van der Waals surface area contributed by atoms with Crippen molar-refractivity contribution in [1.29, 1.82) is 0 Å². The quantitative estimate of drug-likeness (QED) is 0.788. The molecule has 0 aromatic heterocycles. The first-order chi connectivity index (χ1) is 12.4.